The Morgan fingerprint density at radius 3 is 2.88 bits per heavy atom. The Balaban J connectivity index is 1.92. The number of halogens is 1. The summed E-state index contributed by atoms with van der Waals surface area (Å²) in [6.07, 6.45) is 6.23. The molecule has 90 valence electrons. The monoisotopic (exact) mass is 226 g/mol. The van der Waals surface area contributed by atoms with Crippen molar-refractivity contribution in [3.63, 3.8) is 0 Å². The van der Waals surface area contributed by atoms with Crippen molar-refractivity contribution in [2.75, 3.05) is 19.7 Å². The number of hydrogen-bond donors (Lipinski definition) is 1. The highest BCUT2D eigenvalue weighted by molar-refractivity contribution is 5.23. The summed E-state index contributed by atoms with van der Waals surface area (Å²) in [7, 11) is 0. The number of nitrogens with one attached hydrogen (secondary N) is 1. The van der Waals surface area contributed by atoms with E-state index in [1.165, 1.54) is 6.08 Å². The van der Waals surface area contributed by atoms with Crippen LogP contribution >= 0.6 is 0 Å². The number of ether oxygens (including phenoxy) is 1. The van der Waals surface area contributed by atoms with Crippen molar-refractivity contribution in [2.24, 2.45) is 0 Å². The van der Waals surface area contributed by atoms with E-state index in [4.69, 9.17) is 4.74 Å². The Labute approximate surface area is 96.0 Å². The van der Waals surface area contributed by atoms with Crippen molar-refractivity contribution in [3.05, 3.63) is 23.9 Å². The molecule has 0 saturated carbocycles. The fourth-order valence-corrected chi connectivity index (χ4v) is 2.08. The van der Waals surface area contributed by atoms with Gasteiger partial charge in [-0.3, -0.25) is 4.90 Å². The third-order valence-electron chi connectivity index (χ3n) is 2.90. The summed E-state index contributed by atoms with van der Waals surface area (Å²) in [4.78, 5) is 2.12. The first-order chi connectivity index (χ1) is 7.81. The van der Waals surface area contributed by atoms with Crippen LogP contribution in [0.5, 0.6) is 0 Å². The van der Waals surface area contributed by atoms with Gasteiger partial charge in [-0.25, -0.2) is 4.39 Å². The van der Waals surface area contributed by atoms with Gasteiger partial charge in [-0.2, -0.15) is 0 Å². The highest BCUT2D eigenvalue weighted by Crippen LogP contribution is 2.21. The Bertz CT molecular complexity index is 295. The van der Waals surface area contributed by atoms with Crippen LogP contribution < -0.4 is 5.32 Å². The Hall–Kier alpha value is -1.03. The molecule has 0 radical (unpaired) electrons. The van der Waals surface area contributed by atoms with Crippen LogP contribution in [-0.2, 0) is 4.74 Å². The van der Waals surface area contributed by atoms with Crippen LogP contribution in [0, 0.1) is 0 Å². The molecule has 2 heterocycles. The van der Waals surface area contributed by atoms with E-state index in [1.54, 1.807) is 6.20 Å². The lowest BCUT2D eigenvalue weighted by Crippen LogP contribution is -2.44. The van der Waals surface area contributed by atoms with Crippen molar-refractivity contribution in [2.45, 2.75) is 32.4 Å². The average Bonchev–Trinajstić information content (AvgIpc) is 2.80. The topological polar surface area (TPSA) is 24.5 Å². The molecular weight excluding hydrogens is 207 g/mol. The van der Waals surface area contributed by atoms with Crippen molar-refractivity contribution >= 4 is 0 Å². The zero-order valence-corrected chi connectivity index (χ0v) is 9.71. The molecular formula is C12H19FN2O. The number of hydrogen-bond acceptors (Lipinski definition) is 3. The zero-order chi connectivity index (χ0) is 11.4. The van der Waals surface area contributed by atoms with Gasteiger partial charge in [0.15, 0.2) is 0 Å². The van der Waals surface area contributed by atoms with Crippen molar-refractivity contribution < 1.29 is 9.13 Å². The van der Waals surface area contributed by atoms with Crippen molar-refractivity contribution in [1.29, 1.82) is 0 Å². The fraction of sp³-hybridized carbons (Fsp3) is 0.667. The van der Waals surface area contributed by atoms with Crippen LogP contribution in [0.1, 0.15) is 26.2 Å². The van der Waals surface area contributed by atoms with Gasteiger partial charge >= 0.3 is 0 Å². The third-order valence-corrected chi connectivity index (χ3v) is 2.90. The molecule has 0 aromatic rings. The van der Waals surface area contributed by atoms with Crippen LogP contribution in [0.2, 0.25) is 0 Å². The van der Waals surface area contributed by atoms with E-state index >= 15 is 0 Å². The highest BCUT2D eigenvalue weighted by Gasteiger charge is 2.27. The number of likely N-dealkylation sites (tertiary alicyclic amines) is 1. The first-order valence-corrected chi connectivity index (χ1v) is 6.01. The molecule has 1 saturated heterocycles. The summed E-state index contributed by atoms with van der Waals surface area (Å²) in [6.45, 7) is 4.60. The van der Waals surface area contributed by atoms with Crippen LogP contribution in [0.25, 0.3) is 0 Å². The summed E-state index contributed by atoms with van der Waals surface area (Å²) >= 11 is 0. The van der Waals surface area contributed by atoms with Gasteiger partial charge in [-0.05, 0) is 19.3 Å². The molecule has 0 aromatic heterocycles. The van der Waals surface area contributed by atoms with Gasteiger partial charge in [0.2, 0.25) is 0 Å². The van der Waals surface area contributed by atoms with Gasteiger partial charge < -0.3 is 10.1 Å². The maximum atomic E-state index is 13.8. The Morgan fingerprint density at radius 2 is 2.25 bits per heavy atom. The lowest BCUT2D eigenvalue weighted by atomic mass is 10.2. The molecule has 4 heteroatoms. The molecule has 0 aromatic carbocycles. The second-order valence-corrected chi connectivity index (χ2v) is 4.24. The molecule has 0 spiro atoms. The van der Waals surface area contributed by atoms with E-state index in [-0.39, 0.29) is 12.0 Å². The standard InChI is InChI=1S/C12H19FN2O/c1-2-7-16-10-8-11(13)12(14-9-10)15-5-3-4-6-15/h8-9,12,14H,2-7H2,1H3. The second kappa shape index (κ2) is 5.34. The summed E-state index contributed by atoms with van der Waals surface area (Å²) in [6, 6.07) is 0. The number of dihydropyridines is 1. The molecule has 0 amide bonds. The van der Waals surface area contributed by atoms with Gasteiger partial charge in [0.25, 0.3) is 0 Å². The molecule has 0 bridgehead atoms. The maximum absolute atomic E-state index is 13.8. The van der Waals surface area contributed by atoms with Gasteiger partial charge in [-0.15, -0.1) is 0 Å². The quantitative estimate of drug-likeness (QED) is 0.794. The molecule has 1 unspecified atom stereocenters. The van der Waals surface area contributed by atoms with Gasteiger partial charge in [-0.1, -0.05) is 6.92 Å². The summed E-state index contributed by atoms with van der Waals surface area (Å²) in [5.74, 6) is 0.449. The molecule has 16 heavy (non-hydrogen) atoms. The number of nitrogens with zero attached hydrogens (tertiary/aromatic N) is 1. The van der Waals surface area contributed by atoms with Gasteiger partial charge in [0.1, 0.15) is 17.8 Å². The lowest BCUT2D eigenvalue weighted by molar-refractivity contribution is 0.191. The van der Waals surface area contributed by atoms with E-state index in [1.807, 2.05) is 6.92 Å². The smallest absolute Gasteiger partial charge is 0.141 e. The van der Waals surface area contributed by atoms with Crippen molar-refractivity contribution in [1.82, 2.24) is 10.2 Å². The molecule has 1 atom stereocenters. The van der Waals surface area contributed by atoms with Gasteiger partial charge in [0, 0.05) is 25.4 Å². The molecule has 2 rings (SSSR count). The molecule has 1 fully saturated rings. The SMILES string of the molecule is CCCOC1=CNC(N2CCCC2)C(F)=C1. The molecule has 2 aliphatic rings. The minimum atomic E-state index is -0.281. The highest BCUT2D eigenvalue weighted by atomic mass is 19.1. The van der Waals surface area contributed by atoms with Crippen LogP contribution in [-0.4, -0.2) is 30.8 Å². The van der Waals surface area contributed by atoms with Crippen LogP contribution in [0.3, 0.4) is 0 Å². The summed E-state index contributed by atoms with van der Waals surface area (Å²) < 4.78 is 19.2. The molecule has 2 aliphatic heterocycles. The largest absolute Gasteiger partial charge is 0.492 e. The Morgan fingerprint density at radius 1 is 1.50 bits per heavy atom. The Kier molecular flexibility index (Phi) is 3.83. The maximum Gasteiger partial charge on any atom is 0.141 e. The van der Waals surface area contributed by atoms with Gasteiger partial charge in [0.05, 0.1) is 6.61 Å². The second-order valence-electron chi connectivity index (χ2n) is 4.24. The van der Waals surface area contributed by atoms with E-state index in [0.717, 1.165) is 32.4 Å². The van der Waals surface area contributed by atoms with Crippen molar-refractivity contribution in [3.8, 4) is 0 Å². The summed E-state index contributed by atoms with van der Waals surface area (Å²) in [5, 5.41) is 3.07. The van der Waals surface area contributed by atoms with Crippen LogP contribution in [0.15, 0.2) is 23.9 Å². The number of allylic oxidation sites excluding steroid dienone is 1. The van der Waals surface area contributed by atoms with E-state index < -0.39 is 0 Å². The lowest BCUT2D eigenvalue weighted by Gasteiger charge is -2.29. The minimum absolute atomic E-state index is 0.143. The van der Waals surface area contributed by atoms with E-state index in [0.29, 0.717) is 12.4 Å². The first-order valence-electron chi connectivity index (χ1n) is 6.01. The molecule has 0 aliphatic carbocycles. The van der Waals surface area contributed by atoms with E-state index in [9.17, 15) is 4.39 Å². The third kappa shape index (κ3) is 2.55. The number of rotatable bonds is 4. The normalized spacial score (nSPS) is 26.0. The minimum Gasteiger partial charge on any atom is -0.492 e. The predicted molar refractivity (Wildman–Crippen MR) is 61.2 cm³/mol. The average molecular weight is 226 g/mol. The zero-order valence-electron chi connectivity index (χ0n) is 9.71. The molecule has 3 nitrogen and oxygen atoms in total. The van der Waals surface area contributed by atoms with Crippen LogP contribution in [0.4, 0.5) is 4.39 Å². The summed E-state index contributed by atoms with van der Waals surface area (Å²) in [5.41, 5.74) is 0. The fourth-order valence-electron chi connectivity index (χ4n) is 2.08. The van der Waals surface area contributed by atoms with E-state index in [2.05, 4.69) is 10.2 Å². The first kappa shape index (κ1) is 11.5. The predicted octanol–water partition coefficient (Wildman–Crippen LogP) is 2.13. The molecule has 1 N–H and O–H groups in total.